The van der Waals surface area contributed by atoms with Crippen LogP contribution in [0.15, 0.2) is 48.7 Å². The monoisotopic (exact) mass is 282 g/mol. The van der Waals surface area contributed by atoms with Gasteiger partial charge in [-0.05, 0) is 42.7 Å². The minimum absolute atomic E-state index is 0.653. The van der Waals surface area contributed by atoms with Gasteiger partial charge in [0.15, 0.2) is 0 Å². The SMILES string of the molecule is O=C(O)C1(c2ccc(NCc3ccccn3)cc2)CCC1. The van der Waals surface area contributed by atoms with Gasteiger partial charge < -0.3 is 10.4 Å². The number of nitrogens with one attached hydrogen (secondary N) is 1. The van der Waals surface area contributed by atoms with Crippen molar-refractivity contribution in [2.24, 2.45) is 0 Å². The van der Waals surface area contributed by atoms with Gasteiger partial charge in [-0.2, -0.15) is 0 Å². The van der Waals surface area contributed by atoms with Crippen LogP contribution in [0.2, 0.25) is 0 Å². The lowest BCUT2D eigenvalue weighted by Crippen LogP contribution is -2.42. The Hall–Kier alpha value is -2.36. The first-order valence-electron chi connectivity index (χ1n) is 7.18. The lowest BCUT2D eigenvalue weighted by molar-refractivity contribution is -0.147. The molecule has 1 aliphatic carbocycles. The summed E-state index contributed by atoms with van der Waals surface area (Å²) in [7, 11) is 0. The van der Waals surface area contributed by atoms with E-state index in [-0.39, 0.29) is 0 Å². The Morgan fingerprint density at radius 3 is 2.48 bits per heavy atom. The number of rotatable bonds is 5. The summed E-state index contributed by atoms with van der Waals surface area (Å²) in [6, 6.07) is 13.6. The summed E-state index contributed by atoms with van der Waals surface area (Å²) in [5.74, 6) is -0.706. The molecule has 2 aromatic rings. The van der Waals surface area contributed by atoms with E-state index in [0.29, 0.717) is 6.54 Å². The van der Waals surface area contributed by atoms with Crippen molar-refractivity contribution in [3.63, 3.8) is 0 Å². The van der Waals surface area contributed by atoms with Crippen molar-refractivity contribution in [1.82, 2.24) is 4.98 Å². The Balaban J connectivity index is 1.68. The molecule has 1 aromatic heterocycles. The van der Waals surface area contributed by atoms with Crippen LogP contribution in [0, 0.1) is 0 Å². The molecular formula is C17H18N2O2. The molecule has 4 heteroatoms. The topological polar surface area (TPSA) is 62.2 Å². The van der Waals surface area contributed by atoms with Gasteiger partial charge in [-0.25, -0.2) is 0 Å². The van der Waals surface area contributed by atoms with Gasteiger partial charge in [0, 0.05) is 11.9 Å². The van der Waals surface area contributed by atoms with Crippen LogP contribution in [-0.2, 0) is 16.8 Å². The second-order valence-electron chi connectivity index (χ2n) is 5.49. The number of benzene rings is 1. The van der Waals surface area contributed by atoms with E-state index in [2.05, 4.69) is 10.3 Å². The number of aliphatic carboxylic acids is 1. The normalized spacial score (nSPS) is 16.0. The summed E-state index contributed by atoms with van der Waals surface area (Å²) in [5.41, 5.74) is 2.20. The Labute approximate surface area is 123 Å². The third kappa shape index (κ3) is 2.61. The molecule has 1 aliphatic rings. The molecule has 0 saturated heterocycles. The van der Waals surface area contributed by atoms with Gasteiger partial charge in [-0.3, -0.25) is 9.78 Å². The zero-order valence-electron chi connectivity index (χ0n) is 11.7. The summed E-state index contributed by atoms with van der Waals surface area (Å²) in [6.07, 6.45) is 4.24. The van der Waals surface area contributed by atoms with Gasteiger partial charge in [-0.15, -0.1) is 0 Å². The molecule has 0 atom stereocenters. The average molecular weight is 282 g/mol. The van der Waals surface area contributed by atoms with E-state index in [1.807, 2.05) is 42.5 Å². The van der Waals surface area contributed by atoms with Crippen molar-refractivity contribution < 1.29 is 9.90 Å². The number of pyridine rings is 1. The largest absolute Gasteiger partial charge is 0.481 e. The summed E-state index contributed by atoms with van der Waals surface area (Å²) in [5, 5.41) is 12.7. The summed E-state index contributed by atoms with van der Waals surface area (Å²) >= 11 is 0. The fraction of sp³-hybridized carbons (Fsp3) is 0.294. The first kappa shape index (κ1) is 13.6. The van der Waals surface area contributed by atoms with Crippen LogP contribution < -0.4 is 5.32 Å². The maximum atomic E-state index is 11.5. The van der Waals surface area contributed by atoms with Gasteiger partial charge in [-0.1, -0.05) is 24.6 Å². The third-order valence-electron chi connectivity index (χ3n) is 4.25. The molecule has 0 aliphatic heterocycles. The molecule has 1 saturated carbocycles. The molecule has 1 fully saturated rings. The van der Waals surface area contributed by atoms with Gasteiger partial charge >= 0.3 is 5.97 Å². The Morgan fingerprint density at radius 2 is 1.95 bits per heavy atom. The van der Waals surface area contributed by atoms with Crippen molar-refractivity contribution in [3.8, 4) is 0 Å². The summed E-state index contributed by atoms with van der Waals surface area (Å²) in [6.45, 7) is 0.657. The second-order valence-corrected chi connectivity index (χ2v) is 5.49. The number of carboxylic acids is 1. The zero-order chi connectivity index (χ0) is 14.7. The Bertz CT molecular complexity index is 619. The van der Waals surface area contributed by atoms with Crippen LogP contribution in [0.5, 0.6) is 0 Å². The fourth-order valence-corrected chi connectivity index (χ4v) is 2.76. The molecule has 0 unspecified atom stereocenters. The predicted molar refractivity (Wildman–Crippen MR) is 81.2 cm³/mol. The van der Waals surface area contributed by atoms with Crippen LogP contribution in [0.3, 0.4) is 0 Å². The first-order chi connectivity index (χ1) is 10.2. The molecular weight excluding hydrogens is 264 g/mol. The van der Waals surface area contributed by atoms with Gasteiger partial charge in [0.2, 0.25) is 0 Å². The molecule has 0 bridgehead atoms. The van der Waals surface area contributed by atoms with Gasteiger partial charge in [0.05, 0.1) is 17.7 Å². The molecule has 1 heterocycles. The number of carboxylic acid groups (broad SMARTS) is 1. The third-order valence-corrected chi connectivity index (χ3v) is 4.25. The minimum atomic E-state index is -0.706. The van der Waals surface area contributed by atoms with Gasteiger partial charge in [0.1, 0.15) is 0 Å². The number of nitrogens with zero attached hydrogens (tertiary/aromatic N) is 1. The second kappa shape index (κ2) is 5.56. The van der Waals surface area contributed by atoms with Crippen LogP contribution in [0.1, 0.15) is 30.5 Å². The molecule has 2 N–H and O–H groups in total. The summed E-state index contributed by atoms with van der Waals surface area (Å²) < 4.78 is 0. The van der Waals surface area contributed by atoms with E-state index in [1.54, 1.807) is 6.20 Å². The van der Waals surface area contributed by atoms with Crippen molar-refractivity contribution in [2.75, 3.05) is 5.32 Å². The van der Waals surface area contributed by atoms with E-state index in [0.717, 1.165) is 36.2 Å². The lowest BCUT2D eigenvalue weighted by atomic mass is 9.64. The van der Waals surface area contributed by atoms with E-state index in [1.165, 1.54) is 0 Å². The van der Waals surface area contributed by atoms with Crippen molar-refractivity contribution in [1.29, 1.82) is 0 Å². The quantitative estimate of drug-likeness (QED) is 0.884. The molecule has 3 rings (SSSR count). The number of aromatic nitrogens is 1. The molecule has 1 aromatic carbocycles. The fourth-order valence-electron chi connectivity index (χ4n) is 2.76. The van der Waals surface area contributed by atoms with Crippen LogP contribution in [0.4, 0.5) is 5.69 Å². The highest BCUT2D eigenvalue weighted by Gasteiger charge is 2.45. The molecule has 108 valence electrons. The van der Waals surface area contributed by atoms with Crippen molar-refractivity contribution >= 4 is 11.7 Å². The van der Waals surface area contributed by atoms with E-state index in [4.69, 9.17) is 0 Å². The average Bonchev–Trinajstić information content (AvgIpc) is 2.46. The van der Waals surface area contributed by atoms with E-state index in [9.17, 15) is 9.90 Å². The predicted octanol–water partition coefficient (Wildman–Crippen LogP) is 3.20. The molecule has 21 heavy (non-hydrogen) atoms. The number of anilines is 1. The first-order valence-corrected chi connectivity index (χ1v) is 7.18. The number of hydrogen-bond donors (Lipinski definition) is 2. The number of hydrogen-bond acceptors (Lipinski definition) is 3. The van der Waals surface area contributed by atoms with Gasteiger partial charge in [0.25, 0.3) is 0 Å². The van der Waals surface area contributed by atoms with Crippen LogP contribution in [0.25, 0.3) is 0 Å². The highest BCUT2D eigenvalue weighted by molar-refractivity contribution is 5.82. The standard InChI is InChI=1S/C17H18N2O2/c20-16(21)17(9-3-10-17)13-5-7-14(8-6-13)19-12-15-4-1-2-11-18-15/h1-2,4-8,11,19H,3,9-10,12H2,(H,20,21). The molecule has 0 radical (unpaired) electrons. The van der Waals surface area contributed by atoms with Crippen molar-refractivity contribution in [2.45, 2.75) is 31.2 Å². The van der Waals surface area contributed by atoms with E-state index >= 15 is 0 Å². The van der Waals surface area contributed by atoms with Crippen LogP contribution in [-0.4, -0.2) is 16.1 Å². The zero-order valence-corrected chi connectivity index (χ0v) is 11.7. The summed E-state index contributed by atoms with van der Waals surface area (Å²) in [4.78, 5) is 15.7. The highest BCUT2D eigenvalue weighted by atomic mass is 16.4. The Kier molecular flexibility index (Phi) is 3.60. The molecule has 0 amide bonds. The lowest BCUT2D eigenvalue weighted by Gasteiger charge is -2.38. The molecule has 4 nitrogen and oxygen atoms in total. The Morgan fingerprint density at radius 1 is 1.19 bits per heavy atom. The molecule has 0 spiro atoms. The highest BCUT2D eigenvalue weighted by Crippen LogP contribution is 2.44. The maximum Gasteiger partial charge on any atom is 0.314 e. The van der Waals surface area contributed by atoms with Crippen LogP contribution >= 0.6 is 0 Å². The maximum absolute atomic E-state index is 11.5. The smallest absolute Gasteiger partial charge is 0.314 e. The minimum Gasteiger partial charge on any atom is -0.481 e. The van der Waals surface area contributed by atoms with Crippen molar-refractivity contribution in [3.05, 3.63) is 59.9 Å². The van der Waals surface area contributed by atoms with E-state index < -0.39 is 11.4 Å². The number of carbonyl (C=O) groups is 1.